The summed E-state index contributed by atoms with van der Waals surface area (Å²) in [5.74, 6) is -0.102. The molecular weight excluding hydrogens is 450 g/mol. The van der Waals surface area contributed by atoms with Crippen molar-refractivity contribution in [2.75, 3.05) is 20.3 Å². The Morgan fingerprint density at radius 3 is 2.37 bits per heavy atom. The van der Waals surface area contributed by atoms with Gasteiger partial charge in [0.1, 0.15) is 11.4 Å². The van der Waals surface area contributed by atoms with Gasteiger partial charge in [-0.3, -0.25) is 4.79 Å². The number of carbonyl (C=O) groups is 2. The van der Waals surface area contributed by atoms with Crippen molar-refractivity contribution in [1.82, 2.24) is 0 Å². The lowest BCUT2D eigenvalue weighted by Crippen LogP contribution is -2.42. The van der Waals surface area contributed by atoms with Crippen LogP contribution in [0.25, 0.3) is 0 Å². The Morgan fingerprint density at radius 1 is 1.09 bits per heavy atom. The third-order valence-corrected chi connectivity index (χ3v) is 5.41. The third-order valence-electron chi connectivity index (χ3n) is 5.41. The van der Waals surface area contributed by atoms with E-state index in [1.807, 2.05) is 30.3 Å². The molecule has 0 spiro atoms. The van der Waals surface area contributed by atoms with Crippen LogP contribution in [0.1, 0.15) is 57.3 Å². The van der Waals surface area contributed by atoms with E-state index in [2.05, 4.69) is 0 Å². The predicted molar refractivity (Wildman–Crippen MR) is 130 cm³/mol. The van der Waals surface area contributed by atoms with Crippen LogP contribution in [0.3, 0.4) is 0 Å². The fraction of sp³-hybridized carbons (Fsp3) is 0.444. The molecule has 0 bridgehead atoms. The van der Waals surface area contributed by atoms with E-state index < -0.39 is 29.2 Å². The average Bonchev–Trinajstić information content (AvgIpc) is 3.23. The van der Waals surface area contributed by atoms with Crippen molar-refractivity contribution in [2.45, 2.75) is 57.3 Å². The summed E-state index contributed by atoms with van der Waals surface area (Å²) in [4.78, 5) is 30.4. The molecule has 0 aromatic heterocycles. The van der Waals surface area contributed by atoms with Gasteiger partial charge in [0.2, 0.25) is 11.4 Å². The SMILES string of the molecule is COC(=O)[C@]1(CCC(=O)OC(C)(C)C)N=C(c2ccc(OCCCO)cc2)O[C@@H]1c1ccccc1. The second-order valence-corrected chi connectivity index (χ2v) is 9.28. The molecule has 2 aromatic rings. The maximum Gasteiger partial charge on any atom is 0.338 e. The number of nitrogens with zero attached hydrogens (tertiary/aromatic N) is 1. The largest absolute Gasteiger partial charge is 0.494 e. The highest BCUT2D eigenvalue weighted by Crippen LogP contribution is 2.43. The third kappa shape index (κ3) is 6.60. The molecule has 0 saturated carbocycles. The molecule has 8 nitrogen and oxygen atoms in total. The van der Waals surface area contributed by atoms with Crippen LogP contribution in [0, 0.1) is 0 Å². The molecule has 0 saturated heterocycles. The molecule has 2 atom stereocenters. The lowest BCUT2D eigenvalue weighted by Gasteiger charge is -2.29. The van der Waals surface area contributed by atoms with Crippen molar-refractivity contribution in [2.24, 2.45) is 4.99 Å². The molecular formula is C27H33NO7. The zero-order valence-corrected chi connectivity index (χ0v) is 20.7. The summed E-state index contributed by atoms with van der Waals surface area (Å²) in [7, 11) is 1.30. The highest BCUT2D eigenvalue weighted by molar-refractivity contribution is 6.00. The molecule has 0 fully saturated rings. The predicted octanol–water partition coefficient (Wildman–Crippen LogP) is 4.00. The van der Waals surface area contributed by atoms with Crippen LogP contribution in [0.15, 0.2) is 59.6 Å². The first-order valence-electron chi connectivity index (χ1n) is 11.6. The number of hydrogen-bond acceptors (Lipinski definition) is 8. The van der Waals surface area contributed by atoms with Gasteiger partial charge < -0.3 is 24.1 Å². The van der Waals surface area contributed by atoms with Crippen LogP contribution in [0.4, 0.5) is 0 Å². The number of esters is 2. The number of carbonyl (C=O) groups excluding carboxylic acids is 2. The van der Waals surface area contributed by atoms with Gasteiger partial charge in [0.25, 0.3) is 0 Å². The van der Waals surface area contributed by atoms with Crippen molar-refractivity contribution in [3.8, 4) is 5.75 Å². The Kier molecular flexibility index (Phi) is 8.51. The molecule has 188 valence electrons. The summed E-state index contributed by atoms with van der Waals surface area (Å²) in [6.45, 7) is 5.83. The zero-order chi connectivity index (χ0) is 25.5. The van der Waals surface area contributed by atoms with Crippen molar-refractivity contribution >= 4 is 17.8 Å². The van der Waals surface area contributed by atoms with Gasteiger partial charge in [0.05, 0.1) is 13.7 Å². The minimum atomic E-state index is -1.46. The van der Waals surface area contributed by atoms with Crippen LogP contribution in [-0.4, -0.2) is 54.4 Å². The first-order valence-corrected chi connectivity index (χ1v) is 11.6. The van der Waals surface area contributed by atoms with Gasteiger partial charge in [-0.15, -0.1) is 0 Å². The number of hydrogen-bond donors (Lipinski definition) is 1. The number of aliphatic hydroxyl groups excluding tert-OH is 1. The van der Waals surface area contributed by atoms with E-state index in [1.54, 1.807) is 45.0 Å². The molecule has 0 amide bonds. The van der Waals surface area contributed by atoms with Crippen LogP contribution < -0.4 is 4.74 Å². The molecule has 0 unspecified atom stereocenters. The number of aliphatic hydroxyl groups is 1. The van der Waals surface area contributed by atoms with E-state index in [0.29, 0.717) is 24.3 Å². The van der Waals surface area contributed by atoms with Crippen LogP contribution in [0.5, 0.6) is 5.75 Å². The normalized spacial score (nSPS) is 19.5. The minimum absolute atomic E-state index is 0.0342. The van der Waals surface area contributed by atoms with E-state index in [0.717, 1.165) is 5.56 Å². The van der Waals surface area contributed by atoms with Crippen molar-refractivity contribution < 1.29 is 33.6 Å². The summed E-state index contributed by atoms with van der Waals surface area (Å²) in [6.07, 6.45) is -0.225. The lowest BCUT2D eigenvalue weighted by atomic mass is 9.84. The van der Waals surface area contributed by atoms with Crippen LogP contribution in [-0.2, 0) is 23.8 Å². The van der Waals surface area contributed by atoms with E-state index in [4.69, 9.17) is 29.0 Å². The van der Waals surface area contributed by atoms with Gasteiger partial charge in [-0.2, -0.15) is 0 Å². The second-order valence-electron chi connectivity index (χ2n) is 9.28. The smallest absolute Gasteiger partial charge is 0.338 e. The first kappa shape index (κ1) is 26.2. The summed E-state index contributed by atoms with van der Waals surface area (Å²) in [6, 6.07) is 16.4. The van der Waals surface area contributed by atoms with E-state index in [1.165, 1.54) is 7.11 Å². The summed E-state index contributed by atoms with van der Waals surface area (Å²) >= 11 is 0. The number of ether oxygens (including phenoxy) is 4. The molecule has 1 aliphatic rings. The van der Waals surface area contributed by atoms with Gasteiger partial charge in [-0.1, -0.05) is 30.3 Å². The summed E-state index contributed by atoms with van der Waals surface area (Å²) < 4.78 is 22.5. The second kappa shape index (κ2) is 11.4. The molecule has 1 N–H and O–H groups in total. The van der Waals surface area contributed by atoms with Gasteiger partial charge in [0.15, 0.2) is 6.10 Å². The molecule has 35 heavy (non-hydrogen) atoms. The number of methoxy groups -OCH3 is 1. The molecule has 3 rings (SSSR count). The molecule has 8 heteroatoms. The molecule has 1 heterocycles. The van der Waals surface area contributed by atoms with Crippen molar-refractivity contribution in [1.29, 1.82) is 0 Å². The molecule has 0 aliphatic carbocycles. The van der Waals surface area contributed by atoms with Gasteiger partial charge >= 0.3 is 11.9 Å². The highest BCUT2D eigenvalue weighted by Gasteiger charge is 2.54. The van der Waals surface area contributed by atoms with Crippen molar-refractivity contribution in [3.63, 3.8) is 0 Å². The number of benzene rings is 2. The molecule has 0 radical (unpaired) electrons. The highest BCUT2D eigenvalue weighted by atomic mass is 16.6. The quantitative estimate of drug-likeness (QED) is 0.402. The van der Waals surface area contributed by atoms with Gasteiger partial charge in [0, 0.05) is 25.0 Å². The van der Waals surface area contributed by atoms with E-state index in [9.17, 15) is 9.59 Å². The van der Waals surface area contributed by atoms with E-state index >= 15 is 0 Å². The van der Waals surface area contributed by atoms with Gasteiger partial charge in [-0.25, -0.2) is 9.79 Å². The maximum absolute atomic E-state index is 13.2. The summed E-state index contributed by atoms with van der Waals surface area (Å²) in [5, 5.41) is 8.92. The fourth-order valence-electron chi connectivity index (χ4n) is 3.83. The average molecular weight is 484 g/mol. The standard InChI is InChI=1S/C27H33NO7/c1-26(2,3)35-22(30)15-16-27(25(31)32-4)23(19-9-6-5-7-10-19)34-24(28-27)20-11-13-21(14-12-20)33-18-8-17-29/h5-7,9-14,23,29H,8,15-18H2,1-4H3/t23-,27-/m1/s1. The monoisotopic (exact) mass is 483 g/mol. The van der Waals surface area contributed by atoms with Crippen LogP contribution in [0.2, 0.25) is 0 Å². The van der Waals surface area contributed by atoms with Crippen molar-refractivity contribution in [3.05, 3.63) is 65.7 Å². The summed E-state index contributed by atoms with van der Waals surface area (Å²) in [5.41, 5.74) is -0.706. The Bertz CT molecular complexity index is 1030. The Hall–Kier alpha value is -3.39. The topological polar surface area (TPSA) is 104 Å². The molecule has 1 aliphatic heterocycles. The fourth-order valence-corrected chi connectivity index (χ4v) is 3.83. The van der Waals surface area contributed by atoms with E-state index in [-0.39, 0.29) is 25.3 Å². The number of aliphatic imine (C=N–C) groups is 1. The Balaban J connectivity index is 1.94. The lowest BCUT2D eigenvalue weighted by molar-refractivity contribution is -0.157. The van der Waals surface area contributed by atoms with Gasteiger partial charge in [-0.05, 0) is 57.0 Å². The first-order chi connectivity index (χ1) is 16.7. The minimum Gasteiger partial charge on any atom is -0.494 e. The Morgan fingerprint density at radius 2 is 1.77 bits per heavy atom. The molecule has 2 aromatic carbocycles. The zero-order valence-electron chi connectivity index (χ0n) is 20.7. The van der Waals surface area contributed by atoms with Crippen LogP contribution >= 0.6 is 0 Å². The number of rotatable bonds is 10. The Labute approximate surface area is 205 Å². The maximum atomic E-state index is 13.2.